The lowest BCUT2D eigenvalue weighted by molar-refractivity contribution is 0.312. The first kappa shape index (κ1) is 12.6. The van der Waals surface area contributed by atoms with E-state index in [1.807, 2.05) is 13.6 Å². The van der Waals surface area contributed by atoms with Gasteiger partial charge < -0.3 is 0 Å². The third-order valence-electron chi connectivity index (χ3n) is 2.31. The third kappa shape index (κ3) is 4.29. The van der Waals surface area contributed by atoms with Gasteiger partial charge in [-0.2, -0.15) is 0 Å². The summed E-state index contributed by atoms with van der Waals surface area (Å²) < 4.78 is 5.36. The van der Waals surface area contributed by atoms with E-state index in [2.05, 4.69) is 31.2 Å². The standard InChI is InChI=1S/C12H20O2P/c1-4-11-6-8-12(9-7-11)10-15(3,13)14-5-2/h6-9,13H,4-5,10H2,1-3H3/q+1. The zero-order valence-corrected chi connectivity index (χ0v) is 10.6. The Morgan fingerprint density at radius 2 is 1.67 bits per heavy atom. The number of aryl methyl sites for hydroxylation is 1. The van der Waals surface area contributed by atoms with Crippen molar-refractivity contribution in [3.63, 3.8) is 0 Å². The summed E-state index contributed by atoms with van der Waals surface area (Å²) in [5.74, 6) is 0. The van der Waals surface area contributed by atoms with Gasteiger partial charge in [0.25, 0.3) is 7.72 Å². The molecular weight excluding hydrogens is 207 g/mol. The van der Waals surface area contributed by atoms with Crippen molar-refractivity contribution >= 4 is 7.72 Å². The van der Waals surface area contributed by atoms with Crippen molar-refractivity contribution in [3.05, 3.63) is 35.4 Å². The Bertz CT molecular complexity index is 293. The van der Waals surface area contributed by atoms with Gasteiger partial charge in [-0.25, -0.2) is 9.42 Å². The van der Waals surface area contributed by atoms with Gasteiger partial charge in [0.1, 0.15) is 12.8 Å². The molecule has 0 amide bonds. The van der Waals surface area contributed by atoms with E-state index in [0.717, 1.165) is 12.0 Å². The SMILES string of the molecule is CCO[P+](C)(O)Cc1ccc(CC)cc1. The van der Waals surface area contributed by atoms with Crippen molar-refractivity contribution in [2.75, 3.05) is 13.3 Å². The van der Waals surface area contributed by atoms with Gasteiger partial charge >= 0.3 is 0 Å². The zero-order chi connectivity index (χ0) is 11.3. The molecule has 0 heterocycles. The minimum Gasteiger partial charge on any atom is -0.220 e. The molecule has 1 aromatic carbocycles. The number of benzene rings is 1. The molecule has 15 heavy (non-hydrogen) atoms. The molecule has 1 aromatic rings. The van der Waals surface area contributed by atoms with Gasteiger partial charge in [0, 0.05) is 0 Å². The van der Waals surface area contributed by atoms with Gasteiger partial charge in [-0.05, 0) is 24.5 Å². The second kappa shape index (κ2) is 5.60. The van der Waals surface area contributed by atoms with Crippen LogP contribution in [0.15, 0.2) is 24.3 Å². The van der Waals surface area contributed by atoms with Gasteiger partial charge in [-0.15, -0.1) is 0 Å². The molecule has 0 aliphatic heterocycles. The molecule has 0 fully saturated rings. The number of rotatable bonds is 5. The average molecular weight is 227 g/mol. The van der Waals surface area contributed by atoms with Crippen LogP contribution in [0, 0.1) is 0 Å². The zero-order valence-electron chi connectivity index (χ0n) is 9.73. The quantitative estimate of drug-likeness (QED) is 0.782. The summed E-state index contributed by atoms with van der Waals surface area (Å²) in [5.41, 5.74) is 2.48. The van der Waals surface area contributed by atoms with Crippen LogP contribution in [0.2, 0.25) is 0 Å². The first-order chi connectivity index (χ1) is 7.07. The minimum absolute atomic E-state index is 0.577. The molecule has 1 unspecified atom stereocenters. The van der Waals surface area contributed by atoms with Crippen LogP contribution >= 0.6 is 7.72 Å². The van der Waals surface area contributed by atoms with Crippen LogP contribution in [0.3, 0.4) is 0 Å². The Morgan fingerprint density at radius 3 is 2.13 bits per heavy atom. The first-order valence-electron chi connectivity index (χ1n) is 5.38. The molecule has 3 heteroatoms. The summed E-state index contributed by atoms with van der Waals surface area (Å²) in [6.45, 7) is 6.44. The van der Waals surface area contributed by atoms with Crippen LogP contribution in [0.1, 0.15) is 25.0 Å². The Labute approximate surface area is 92.8 Å². The predicted molar refractivity (Wildman–Crippen MR) is 66.2 cm³/mol. The van der Waals surface area contributed by atoms with Gasteiger partial charge in [0.15, 0.2) is 0 Å². The highest BCUT2D eigenvalue weighted by Crippen LogP contribution is 2.54. The normalized spacial score (nSPS) is 14.9. The molecule has 0 bridgehead atoms. The van der Waals surface area contributed by atoms with E-state index in [9.17, 15) is 4.89 Å². The van der Waals surface area contributed by atoms with Gasteiger partial charge in [0.2, 0.25) is 0 Å². The third-order valence-corrected chi connectivity index (χ3v) is 4.08. The summed E-state index contributed by atoms with van der Waals surface area (Å²) in [6.07, 6.45) is 1.70. The summed E-state index contributed by atoms with van der Waals surface area (Å²) >= 11 is 0. The van der Waals surface area contributed by atoms with Crippen LogP contribution in [-0.4, -0.2) is 18.2 Å². The van der Waals surface area contributed by atoms with Crippen molar-refractivity contribution in [2.24, 2.45) is 0 Å². The first-order valence-corrected chi connectivity index (χ1v) is 7.67. The molecular formula is C12H20O2P+. The molecule has 84 valence electrons. The Kier molecular flexibility index (Phi) is 4.72. The van der Waals surface area contributed by atoms with Gasteiger partial charge in [-0.1, -0.05) is 31.2 Å². The van der Waals surface area contributed by atoms with Crippen LogP contribution in [0.5, 0.6) is 0 Å². The monoisotopic (exact) mass is 227 g/mol. The topological polar surface area (TPSA) is 29.5 Å². The van der Waals surface area contributed by atoms with Crippen molar-refractivity contribution in [3.8, 4) is 0 Å². The molecule has 0 aromatic heterocycles. The molecule has 0 aliphatic rings. The van der Waals surface area contributed by atoms with Crippen LogP contribution in [0.25, 0.3) is 0 Å². The minimum atomic E-state index is -2.19. The van der Waals surface area contributed by atoms with E-state index >= 15 is 0 Å². The Morgan fingerprint density at radius 1 is 1.13 bits per heavy atom. The lowest BCUT2D eigenvalue weighted by Crippen LogP contribution is -1.99. The smallest absolute Gasteiger partial charge is 0.220 e. The van der Waals surface area contributed by atoms with Crippen molar-refractivity contribution in [1.82, 2.24) is 0 Å². The van der Waals surface area contributed by atoms with E-state index in [1.54, 1.807) is 0 Å². The van der Waals surface area contributed by atoms with E-state index in [-0.39, 0.29) is 0 Å². The van der Waals surface area contributed by atoms with Crippen molar-refractivity contribution in [2.45, 2.75) is 26.4 Å². The van der Waals surface area contributed by atoms with Gasteiger partial charge in [0.05, 0.1) is 6.61 Å². The molecule has 1 rings (SSSR count). The highest BCUT2D eigenvalue weighted by molar-refractivity contribution is 7.63. The molecule has 2 nitrogen and oxygen atoms in total. The van der Waals surface area contributed by atoms with Crippen LogP contribution in [-0.2, 0) is 17.1 Å². The number of hydrogen-bond donors (Lipinski definition) is 1. The second-order valence-corrected chi connectivity index (χ2v) is 6.47. The Hall–Kier alpha value is -0.430. The summed E-state index contributed by atoms with van der Waals surface area (Å²) in [6, 6.07) is 8.38. The molecule has 1 atom stereocenters. The molecule has 0 spiro atoms. The maximum Gasteiger partial charge on any atom is 0.272 e. The van der Waals surface area contributed by atoms with Crippen LogP contribution in [0.4, 0.5) is 0 Å². The summed E-state index contributed by atoms with van der Waals surface area (Å²) in [5, 5.41) is 0. The molecule has 0 aliphatic carbocycles. The maximum absolute atomic E-state index is 9.98. The highest BCUT2D eigenvalue weighted by atomic mass is 31.2. The second-order valence-electron chi connectivity index (χ2n) is 3.80. The molecule has 0 radical (unpaired) electrons. The van der Waals surface area contributed by atoms with Crippen LogP contribution < -0.4 is 0 Å². The molecule has 0 saturated carbocycles. The summed E-state index contributed by atoms with van der Waals surface area (Å²) in [7, 11) is -2.19. The Balaban J connectivity index is 2.64. The fourth-order valence-electron chi connectivity index (χ4n) is 1.54. The highest BCUT2D eigenvalue weighted by Gasteiger charge is 2.30. The lowest BCUT2D eigenvalue weighted by Gasteiger charge is -2.13. The van der Waals surface area contributed by atoms with Crippen molar-refractivity contribution in [1.29, 1.82) is 0 Å². The summed E-state index contributed by atoms with van der Waals surface area (Å²) in [4.78, 5) is 9.98. The fourth-order valence-corrected chi connectivity index (χ4v) is 3.08. The van der Waals surface area contributed by atoms with Crippen molar-refractivity contribution < 1.29 is 9.42 Å². The molecule has 1 N–H and O–H groups in total. The van der Waals surface area contributed by atoms with E-state index < -0.39 is 7.72 Å². The molecule has 0 saturated heterocycles. The average Bonchev–Trinajstić information content (AvgIpc) is 2.18. The van der Waals surface area contributed by atoms with E-state index in [1.165, 1.54) is 5.56 Å². The number of hydrogen-bond acceptors (Lipinski definition) is 2. The van der Waals surface area contributed by atoms with Gasteiger partial charge in [-0.3, -0.25) is 0 Å². The van der Waals surface area contributed by atoms with E-state index in [0.29, 0.717) is 12.8 Å². The predicted octanol–water partition coefficient (Wildman–Crippen LogP) is 3.26. The van der Waals surface area contributed by atoms with E-state index in [4.69, 9.17) is 4.52 Å². The lowest BCUT2D eigenvalue weighted by atomic mass is 10.1. The fraction of sp³-hybridized carbons (Fsp3) is 0.500. The largest absolute Gasteiger partial charge is 0.272 e. The maximum atomic E-state index is 9.98.